The maximum Gasteiger partial charge on any atom is 0.271 e. The molecule has 1 N–H and O–H groups in total. The van der Waals surface area contributed by atoms with Gasteiger partial charge in [-0.2, -0.15) is 5.26 Å². The molecule has 2 aromatic heterocycles. The van der Waals surface area contributed by atoms with E-state index in [4.69, 9.17) is 9.68 Å². The standard InChI is InChI=1S/C19H14F2N4O3S/c20-19(21)6-13(7-22)25(10-19)16(26)8-23-17(27)14-9-29-18(24-14)12-1-2-15-11(5-12)3-4-28-15/h1-5,9,13H,6,8,10H2,(H,23,27)/t13-/m0/s1. The molecule has 0 unspecified atom stereocenters. The zero-order valence-electron chi connectivity index (χ0n) is 14.9. The number of nitriles is 1. The molecule has 1 aliphatic heterocycles. The maximum atomic E-state index is 13.4. The third-order valence-corrected chi connectivity index (χ3v) is 5.47. The first-order valence-corrected chi connectivity index (χ1v) is 9.52. The van der Waals surface area contributed by atoms with Crippen LogP contribution in [0.4, 0.5) is 8.78 Å². The Balaban J connectivity index is 1.40. The number of benzene rings is 1. The molecule has 2 amide bonds. The molecule has 1 aliphatic rings. The van der Waals surface area contributed by atoms with E-state index >= 15 is 0 Å². The minimum atomic E-state index is -3.10. The molecule has 148 valence electrons. The second-order valence-electron chi connectivity index (χ2n) is 6.62. The van der Waals surface area contributed by atoms with Crippen molar-refractivity contribution in [1.82, 2.24) is 15.2 Å². The van der Waals surface area contributed by atoms with E-state index in [2.05, 4.69) is 10.3 Å². The first-order chi connectivity index (χ1) is 13.9. The number of furan rings is 1. The maximum absolute atomic E-state index is 13.4. The van der Waals surface area contributed by atoms with E-state index in [0.29, 0.717) is 5.01 Å². The third kappa shape index (κ3) is 3.82. The average Bonchev–Trinajstić information content (AvgIpc) is 3.42. The number of amides is 2. The topological polar surface area (TPSA) is 99.2 Å². The van der Waals surface area contributed by atoms with Crippen molar-refractivity contribution in [3.8, 4) is 16.6 Å². The number of hydrogen-bond acceptors (Lipinski definition) is 6. The third-order valence-electron chi connectivity index (χ3n) is 4.58. The van der Waals surface area contributed by atoms with Crippen LogP contribution in [-0.4, -0.2) is 46.8 Å². The van der Waals surface area contributed by atoms with E-state index in [0.717, 1.165) is 21.4 Å². The molecular formula is C19H14F2N4O3S. The highest BCUT2D eigenvalue weighted by Gasteiger charge is 2.47. The number of halogens is 2. The van der Waals surface area contributed by atoms with Gasteiger partial charge in [-0.3, -0.25) is 9.59 Å². The number of aromatic nitrogens is 1. The summed E-state index contributed by atoms with van der Waals surface area (Å²) in [5.74, 6) is -4.42. The molecule has 0 saturated carbocycles. The van der Waals surface area contributed by atoms with Crippen molar-refractivity contribution in [2.24, 2.45) is 0 Å². The number of hydrogen-bond donors (Lipinski definition) is 1. The van der Waals surface area contributed by atoms with E-state index < -0.39 is 43.3 Å². The second-order valence-corrected chi connectivity index (χ2v) is 7.48. The van der Waals surface area contributed by atoms with Crippen molar-refractivity contribution in [1.29, 1.82) is 5.26 Å². The Bertz CT molecular complexity index is 1130. The summed E-state index contributed by atoms with van der Waals surface area (Å²) < 4.78 is 32.2. The molecule has 1 atom stereocenters. The van der Waals surface area contributed by atoms with Crippen molar-refractivity contribution in [2.75, 3.05) is 13.1 Å². The molecule has 0 radical (unpaired) electrons. The molecule has 29 heavy (non-hydrogen) atoms. The predicted molar refractivity (Wildman–Crippen MR) is 100 cm³/mol. The highest BCUT2D eigenvalue weighted by Crippen LogP contribution is 2.31. The summed E-state index contributed by atoms with van der Waals surface area (Å²) in [6.45, 7) is -1.31. The molecule has 0 spiro atoms. The van der Waals surface area contributed by atoms with Crippen molar-refractivity contribution >= 4 is 34.1 Å². The minimum Gasteiger partial charge on any atom is -0.464 e. The summed E-state index contributed by atoms with van der Waals surface area (Å²) in [6.07, 6.45) is 0.888. The fourth-order valence-corrected chi connectivity index (χ4v) is 3.95. The van der Waals surface area contributed by atoms with Crippen LogP contribution in [0.15, 0.2) is 40.3 Å². The van der Waals surface area contributed by atoms with Crippen molar-refractivity contribution in [2.45, 2.75) is 18.4 Å². The van der Waals surface area contributed by atoms with Crippen LogP contribution in [0.1, 0.15) is 16.9 Å². The van der Waals surface area contributed by atoms with Gasteiger partial charge in [-0.25, -0.2) is 13.8 Å². The van der Waals surface area contributed by atoms with Crippen LogP contribution in [0.2, 0.25) is 0 Å². The summed E-state index contributed by atoms with van der Waals surface area (Å²) in [5.41, 5.74) is 1.67. The summed E-state index contributed by atoms with van der Waals surface area (Å²) >= 11 is 1.27. The zero-order valence-corrected chi connectivity index (χ0v) is 15.7. The molecule has 1 aromatic carbocycles. The molecular weight excluding hydrogens is 402 g/mol. The van der Waals surface area contributed by atoms with Crippen LogP contribution >= 0.6 is 11.3 Å². The number of nitrogens with zero attached hydrogens (tertiary/aromatic N) is 3. The largest absolute Gasteiger partial charge is 0.464 e. The molecule has 7 nitrogen and oxygen atoms in total. The predicted octanol–water partition coefficient (Wildman–Crippen LogP) is 3.05. The molecule has 0 bridgehead atoms. The summed E-state index contributed by atoms with van der Waals surface area (Å²) in [7, 11) is 0. The lowest BCUT2D eigenvalue weighted by molar-refractivity contribution is -0.131. The SMILES string of the molecule is N#C[C@@H]1CC(F)(F)CN1C(=O)CNC(=O)c1csc(-c2ccc3occc3c2)n1. The second kappa shape index (κ2) is 7.25. The van der Waals surface area contributed by atoms with Gasteiger partial charge < -0.3 is 14.6 Å². The van der Waals surface area contributed by atoms with E-state index in [9.17, 15) is 18.4 Å². The highest BCUT2D eigenvalue weighted by atomic mass is 32.1. The van der Waals surface area contributed by atoms with Crippen LogP contribution in [0.5, 0.6) is 0 Å². The van der Waals surface area contributed by atoms with Crippen molar-refractivity contribution < 1.29 is 22.8 Å². The normalized spacial score (nSPS) is 18.0. The fraction of sp³-hybridized carbons (Fsp3) is 0.263. The van der Waals surface area contributed by atoms with Crippen LogP contribution in [0.25, 0.3) is 21.5 Å². The Kier molecular flexibility index (Phi) is 4.76. The van der Waals surface area contributed by atoms with Gasteiger partial charge in [0.05, 0.1) is 25.4 Å². The lowest BCUT2D eigenvalue weighted by atomic mass is 10.2. The Morgan fingerprint density at radius 1 is 1.41 bits per heavy atom. The van der Waals surface area contributed by atoms with Gasteiger partial charge in [0.2, 0.25) is 5.91 Å². The lowest BCUT2D eigenvalue weighted by Gasteiger charge is -2.19. The molecule has 3 aromatic rings. The van der Waals surface area contributed by atoms with Crippen LogP contribution in [0, 0.1) is 11.3 Å². The number of likely N-dealkylation sites (tertiary alicyclic amines) is 1. The van der Waals surface area contributed by atoms with Gasteiger partial charge in [0.25, 0.3) is 11.8 Å². The fourth-order valence-electron chi connectivity index (χ4n) is 3.15. The van der Waals surface area contributed by atoms with E-state index in [1.54, 1.807) is 17.7 Å². The van der Waals surface area contributed by atoms with Crippen LogP contribution in [0.3, 0.4) is 0 Å². The number of alkyl halides is 2. The minimum absolute atomic E-state index is 0.119. The molecule has 1 saturated heterocycles. The van der Waals surface area contributed by atoms with Gasteiger partial charge in [-0.1, -0.05) is 0 Å². The molecule has 4 rings (SSSR count). The molecule has 3 heterocycles. The van der Waals surface area contributed by atoms with Crippen LogP contribution in [-0.2, 0) is 4.79 Å². The smallest absolute Gasteiger partial charge is 0.271 e. The Morgan fingerprint density at radius 3 is 3.03 bits per heavy atom. The number of carbonyl (C=O) groups is 2. The van der Waals surface area contributed by atoms with Crippen LogP contribution < -0.4 is 5.32 Å². The highest BCUT2D eigenvalue weighted by molar-refractivity contribution is 7.13. The first-order valence-electron chi connectivity index (χ1n) is 8.64. The molecule has 1 fully saturated rings. The van der Waals surface area contributed by atoms with Gasteiger partial charge in [0.1, 0.15) is 22.3 Å². The number of carbonyl (C=O) groups excluding carboxylic acids is 2. The lowest BCUT2D eigenvalue weighted by Crippen LogP contribution is -2.43. The van der Waals surface area contributed by atoms with Gasteiger partial charge in [-0.05, 0) is 24.3 Å². The van der Waals surface area contributed by atoms with Crippen molar-refractivity contribution in [3.05, 3.63) is 41.6 Å². The van der Waals surface area contributed by atoms with Gasteiger partial charge in [0.15, 0.2) is 0 Å². The van der Waals surface area contributed by atoms with Gasteiger partial charge >= 0.3 is 0 Å². The molecule has 0 aliphatic carbocycles. The van der Waals surface area contributed by atoms with Gasteiger partial charge in [-0.15, -0.1) is 11.3 Å². The van der Waals surface area contributed by atoms with E-state index in [1.165, 1.54) is 11.3 Å². The monoisotopic (exact) mass is 416 g/mol. The quantitative estimate of drug-likeness (QED) is 0.705. The zero-order chi connectivity index (χ0) is 20.6. The number of nitrogens with one attached hydrogen (secondary N) is 1. The van der Waals surface area contributed by atoms with E-state index in [1.807, 2.05) is 24.3 Å². The van der Waals surface area contributed by atoms with E-state index in [-0.39, 0.29) is 5.69 Å². The van der Waals surface area contributed by atoms with Crippen molar-refractivity contribution in [3.63, 3.8) is 0 Å². The first kappa shape index (κ1) is 19.0. The van der Waals surface area contributed by atoms with Gasteiger partial charge in [0, 0.05) is 22.8 Å². The Hall–Kier alpha value is -3.32. The number of thiazole rings is 1. The Morgan fingerprint density at radius 2 is 2.24 bits per heavy atom. The number of rotatable bonds is 4. The molecule has 10 heteroatoms. The summed E-state index contributed by atoms with van der Waals surface area (Å²) in [4.78, 5) is 29.5. The summed E-state index contributed by atoms with van der Waals surface area (Å²) in [5, 5.41) is 14.4. The Labute approximate surface area is 167 Å². The number of fused-ring (bicyclic) bond motifs is 1. The summed E-state index contributed by atoms with van der Waals surface area (Å²) in [6, 6.07) is 7.84. The average molecular weight is 416 g/mol.